The number of carbonyl (C=O) groups is 1. The zero-order valence-corrected chi connectivity index (χ0v) is 16.6. The van der Waals surface area contributed by atoms with E-state index in [0.717, 1.165) is 41.8 Å². The summed E-state index contributed by atoms with van der Waals surface area (Å²) in [5.74, 6) is -0.475. The van der Waals surface area contributed by atoms with Gasteiger partial charge in [0.05, 0.1) is 27.4 Å². The van der Waals surface area contributed by atoms with E-state index in [2.05, 4.69) is 10.3 Å². The van der Waals surface area contributed by atoms with Crippen molar-refractivity contribution in [3.05, 3.63) is 80.5 Å². The van der Waals surface area contributed by atoms with Gasteiger partial charge in [-0.3, -0.25) is 25.0 Å². The Morgan fingerprint density at radius 3 is 2.03 bits per heavy atom. The highest BCUT2D eigenvalue weighted by atomic mass is 32.2. The van der Waals surface area contributed by atoms with Gasteiger partial charge in [0.15, 0.2) is 5.13 Å². The van der Waals surface area contributed by atoms with Crippen molar-refractivity contribution < 1.29 is 23.1 Å². The maximum atomic E-state index is 12.6. The number of nitro benzene ring substituents is 2. The Hall–Kier alpha value is -3.71. The molecule has 30 heavy (non-hydrogen) atoms. The van der Waals surface area contributed by atoms with Crippen LogP contribution in [-0.2, 0) is 21.1 Å². The normalized spacial score (nSPS) is 11.1. The number of hydrogen-bond acceptors (Lipinski definition) is 9. The van der Waals surface area contributed by atoms with Gasteiger partial charge in [-0.15, -0.1) is 0 Å². The summed E-state index contributed by atoms with van der Waals surface area (Å²) in [5, 5.41) is 23.9. The first-order chi connectivity index (χ1) is 14.2. The van der Waals surface area contributed by atoms with Gasteiger partial charge in [-0.2, -0.15) is 0 Å². The van der Waals surface area contributed by atoms with Gasteiger partial charge in [0, 0.05) is 24.3 Å². The number of nitrogens with one attached hydrogen (secondary N) is 1. The predicted molar refractivity (Wildman–Crippen MR) is 106 cm³/mol. The summed E-state index contributed by atoms with van der Waals surface area (Å²) in [6.07, 6.45) is 1.00. The van der Waals surface area contributed by atoms with Crippen molar-refractivity contribution >= 4 is 43.6 Å². The molecule has 1 N–H and O–H groups in total. The molecule has 0 aliphatic carbocycles. The van der Waals surface area contributed by atoms with E-state index >= 15 is 0 Å². The molecule has 1 heterocycles. The SMILES string of the molecule is O=C(Cc1ccc([N+](=O)[O-])cc1)Nc1ncc(S(=O)(=O)c2ccc([N+](=O)[O-])cc2)s1. The van der Waals surface area contributed by atoms with Crippen LogP contribution in [0.3, 0.4) is 0 Å². The number of aromatic nitrogens is 1. The Labute approximate surface area is 173 Å². The van der Waals surface area contributed by atoms with Crippen LogP contribution in [0.1, 0.15) is 5.56 Å². The highest BCUT2D eigenvalue weighted by Gasteiger charge is 2.22. The van der Waals surface area contributed by atoms with Crippen LogP contribution in [0.2, 0.25) is 0 Å². The molecule has 0 unspecified atom stereocenters. The molecular weight excluding hydrogens is 436 g/mol. The first-order valence-electron chi connectivity index (χ1n) is 8.15. The lowest BCUT2D eigenvalue weighted by atomic mass is 10.1. The summed E-state index contributed by atoms with van der Waals surface area (Å²) < 4.78 is 25.1. The molecular formula is C17H12N4O7S2. The molecule has 3 rings (SSSR count). The topological polar surface area (TPSA) is 162 Å². The highest BCUT2D eigenvalue weighted by Crippen LogP contribution is 2.29. The van der Waals surface area contributed by atoms with Crippen LogP contribution < -0.4 is 5.32 Å². The molecule has 0 atom stereocenters. The van der Waals surface area contributed by atoms with Gasteiger partial charge in [-0.1, -0.05) is 23.5 Å². The van der Waals surface area contributed by atoms with Crippen LogP contribution in [0.4, 0.5) is 16.5 Å². The third kappa shape index (κ3) is 4.64. The molecule has 1 amide bonds. The molecule has 2 aromatic carbocycles. The van der Waals surface area contributed by atoms with Gasteiger partial charge in [-0.05, 0) is 17.7 Å². The van der Waals surface area contributed by atoms with E-state index in [1.54, 1.807) is 0 Å². The second-order valence-electron chi connectivity index (χ2n) is 5.89. The molecule has 0 saturated heterocycles. The minimum absolute atomic E-state index is 0.0578. The van der Waals surface area contributed by atoms with Crippen molar-refractivity contribution in [2.45, 2.75) is 15.5 Å². The van der Waals surface area contributed by atoms with Gasteiger partial charge in [-0.25, -0.2) is 13.4 Å². The minimum atomic E-state index is -3.95. The van der Waals surface area contributed by atoms with E-state index in [1.807, 2.05) is 0 Å². The van der Waals surface area contributed by atoms with E-state index in [0.29, 0.717) is 5.56 Å². The fraction of sp³-hybridized carbons (Fsp3) is 0.0588. The largest absolute Gasteiger partial charge is 0.302 e. The summed E-state index contributed by atoms with van der Waals surface area (Å²) in [5.41, 5.74) is 0.200. The molecule has 0 fully saturated rings. The van der Waals surface area contributed by atoms with Crippen molar-refractivity contribution in [1.29, 1.82) is 0 Å². The standard InChI is InChI=1S/C17H12N4O7S2/c22-15(9-11-1-3-12(4-2-11)20(23)24)19-17-18-10-16(29-17)30(27,28)14-7-5-13(6-8-14)21(25)26/h1-8,10H,9H2,(H,18,19,22). The zero-order chi connectivity index (χ0) is 21.9. The molecule has 0 aliphatic heterocycles. The molecule has 0 saturated carbocycles. The van der Waals surface area contributed by atoms with Gasteiger partial charge < -0.3 is 5.32 Å². The number of nitrogens with zero attached hydrogens (tertiary/aromatic N) is 3. The quantitative estimate of drug-likeness (QED) is 0.426. The summed E-state index contributed by atoms with van der Waals surface area (Å²) in [4.78, 5) is 36.0. The molecule has 0 aliphatic rings. The van der Waals surface area contributed by atoms with Crippen LogP contribution in [0.25, 0.3) is 0 Å². The van der Waals surface area contributed by atoms with E-state index in [-0.39, 0.29) is 32.0 Å². The van der Waals surface area contributed by atoms with Gasteiger partial charge in [0.25, 0.3) is 11.4 Å². The lowest BCUT2D eigenvalue weighted by Crippen LogP contribution is -2.14. The van der Waals surface area contributed by atoms with Crippen molar-refractivity contribution in [1.82, 2.24) is 4.98 Å². The van der Waals surface area contributed by atoms with E-state index < -0.39 is 25.6 Å². The number of anilines is 1. The first kappa shape index (κ1) is 21.0. The summed E-state index contributed by atoms with van der Waals surface area (Å²) in [6.45, 7) is 0. The van der Waals surface area contributed by atoms with Crippen LogP contribution >= 0.6 is 11.3 Å². The smallest absolute Gasteiger partial charge is 0.269 e. The number of nitro groups is 2. The number of benzene rings is 2. The Morgan fingerprint density at radius 2 is 1.50 bits per heavy atom. The van der Waals surface area contributed by atoms with Crippen molar-refractivity contribution in [3.63, 3.8) is 0 Å². The van der Waals surface area contributed by atoms with E-state index in [4.69, 9.17) is 0 Å². The van der Waals surface area contributed by atoms with Gasteiger partial charge in [0.2, 0.25) is 15.7 Å². The van der Waals surface area contributed by atoms with Gasteiger partial charge in [0.1, 0.15) is 4.21 Å². The van der Waals surface area contributed by atoms with Crippen LogP contribution in [0.5, 0.6) is 0 Å². The number of rotatable bonds is 7. The number of carbonyl (C=O) groups excluding carboxylic acids is 1. The summed E-state index contributed by atoms with van der Waals surface area (Å²) >= 11 is 0.736. The number of amides is 1. The fourth-order valence-corrected chi connectivity index (χ4v) is 4.84. The number of hydrogen-bond donors (Lipinski definition) is 1. The third-order valence-corrected chi connectivity index (χ3v) is 7.01. The molecule has 0 radical (unpaired) electrons. The monoisotopic (exact) mass is 448 g/mol. The van der Waals surface area contributed by atoms with Crippen molar-refractivity contribution in [2.24, 2.45) is 0 Å². The second-order valence-corrected chi connectivity index (χ2v) is 9.09. The fourth-order valence-electron chi connectivity index (χ4n) is 2.39. The lowest BCUT2D eigenvalue weighted by Gasteiger charge is -2.02. The maximum Gasteiger partial charge on any atom is 0.269 e. The van der Waals surface area contributed by atoms with Crippen LogP contribution in [-0.4, -0.2) is 29.2 Å². The number of sulfone groups is 1. The number of non-ortho nitro benzene ring substituents is 2. The average molecular weight is 448 g/mol. The lowest BCUT2D eigenvalue weighted by molar-refractivity contribution is -0.385. The molecule has 3 aromatic rings. The minimum Gasteiger partial charge on any atom is -0.302 e. The molecule has 11 nitrogen and oxygen atoms in total. The Kier molecular flexibility index (Phi) is 5.84. The third-order valence-electron chi connectivity index (χ3n) is 3.87. The molecule has 13 heteroatoms. The molecule has 0 bridgehead atoms. The van der Waals surface area contributed by atoms with Gasteiger partial charge >= 0.3 is 0 Å². The highest BCUT2D eigenvalue weighted by molar-refractivity contribution is 7.93. The summed E-state index contributed by atoms with van der Waals surface area (Å²) in [7, 11) is -3.95. The van der Waals surface area contributed by atoms with Crippen molar-refractivity contribution in [3.8, 4) is 0 Å². The Morgan fingerprint density at radius 1 is 0.967 bits per heavy atom. The van der Waals surface area contributed by atoms with E-state index in [1.165, 1.54) is 24.3 Å². The van der Waals surface area contributed by atoms with Crippen molar-refractivity contribution in [2.75, 3.05) is 5.32 Å². The predicted octanol–water partition coefficient (Wildman–Crippen LogP) is 2.97. The maximum absolute atomic E-state index is 12.6. The van der Waals surface area contributed by atoms with Crippen LogP contribution in [0.15, 0.2) is 63.8 Å². The Balaban J connectivity index is 1.69. The van der Waals surface area contributed by atoms with Crippen LogP contribution in [0, 0.1) is 20.2 Å². The van der Waals surface area contributed by atoms with E-state index in [9.17, 15) is 33.4 Å². The second kappa shape index (κ2) is 8.34. The number of thiazole rings is 1. The Bertz CT molecular complexity index is 1220. The first-order valence-corrected chi connectivity index (χ1v) is 10.5. The average Bonchev–Trinajstić information content (AvgIpc) is 3.17. The zero-order valence-electron chi connectivity index (χ0n) is 14.9. The molecule has 1 aromatic heterocycles. The summed E-state index contributed by atoms with van der Waals surface area (Å²) in [6, 6.07) is 9.87. The molecule has 0 spiro atoms. The molecule has 154 valence electrons.